The zero-order valence-electron chi connectivity index (χ0n) is 11.9. The van der Waals surface area contributed by atoms with E-state index >= 15 is 0 Å². The molecule has 19 heavy (non-hydrogen) atoms. The second-order valence-corrected chi connectivity index (χ2v) is 6.88. The van der Waals surface area contributed by atoms with Crippen LogP contribution in [-0.2, 0) is 4.79 Å². The van der Waals surface area contributed by atoms with Gasteiger partial charge in [0.05, 0.1) is 0 Å². The van der Waals surface area contributed by atoms with E-state index in [9.17, 15) is 9.90 Å². The van der Waals surface area contributed by atoms with Crippen molar-refractivity contribution in [3.8, 4) is 0 Å². The second-order valence-electron chi connectivity index (χ2n) is 6.88. The highest BCUT2D eigenvalue weighted by molar-refractivity contribution is 5.74. The number of carboxylic acids is 1. The van der Waals surface area contributed by atoms with Crippen LogP contribution in [0.2, 0.25) is 0 Å². The molecular weight excluding hydrogens is 238 g/mol. The van der Waals surface area contributed by atoms with E-state index in [1.54, 1.807) is 0 Å². The minimum absolute atomic E-state index is 0.186. The lowest BCUT2D eigenvalue weighted by Gasteiger charge is -2.33. The highest BCUT2D eigenvalue weighted by Gasteiger charge is 2.44. The summed E-state index contributed by atoms with van der Waals surface area (Å²) in [5, 5.41) is 9.48. The van der Waals surface area contributed by atoms with Crippen LogP contribution in [0.1, 0.15) is 64.2 Å². The van der Waals surface area contributed by atoms with E-state index in [4.69, 9.17) is 0 Å². The Hall–Kier alpha value is -0.570. The first-order valence-corrected chi connectivity index (χ1v) is 8.24. The van der Waals surface area contributed by atoms with E-state index in [1.165, 1.54) is 57.8 Å². The molecule has 3 fully saturated rings. The van der Waals surface area contributed by atoms with Gasteiger partial charge >= 0.3 is 5.97 Å². The third-order valence-corrected chi connectivity index (χ3v) is 5.78. The van der Waals surface area contributed by atoms with Gasteiger partial charge in [-0.3, -0.25) is 9.69 Å². The van der Waals surface area contributed by atoms with E-state index in [-0.39, 0.29) is 6.04 Å². The molecule has 1 saturated heterocycles. The summed E-state index contributed by atoms with van der Waals surface area (Å²) in [6.45, 7) is 1.03. The minimum atomic E-state index is -0.583. The zero-order chi connectivity index (χ0) is 13.2. The van der Waals surface area contributed by atoms with Crippen LogP contribution in [0.15, 0.2) is 0 Å². The Morgan fingerprint density at radius 1 is 1.05 bits per heavy atom. The number of fused-ring (bicyclic) bond motifs is 1. The Morgan fingerprint density at radius 3 is 2.47 bits per heavy atom. The first-order chi connectivity index (χ1) is 9.25. The standard InChI is InChI=1S/C16H27NO2/c18-16(19)15-11-13-7-3-4-8-14(13)17(15)10-9-12-5-1-2-6-12/h12-15H,1-11H2,(H,18,19). The Balaban J connectivity index is 1.62. The van der Waals surface area contributed by atoms with Gasteiger partial charge in [-0.05, 0) is 44.1 Å². The van der Waals surface area contributed by atoms with Gasteiger partial charge in [0.15, 0.2) is 0 Å². The summed E-state index contributed by atoms with van der Waals surface area (Å²) in [7, 11) is 0. The Bertz CT molecular complexity index is 325. The maximum absolute atomic E-state index is 11.5. The third-order valence-electron chi connectivity index (χ3n) is 5.78. The molecule has 0 aromatic rings. The van der Waals surface area contributed by atoms with Crippen LogP contribution in [0.3, 0.4) is 0 Å². The molecule has 0 aromatic carbocycles. The van der Waals surface area contributed by atoms with Crippen molar-refractivity contribution in [3.63, 3.8) is 0 Å². The molecule has 0 radical (unpaired) electrons. The Kier molecular flexibility index (Phi) is 4.11. The van der Waals surface area contributed by atoms with Crippen LogP contribution in [0.4, 0.5) is 0 Å². The van der Waals surface area contributed by atoms with Crippen LogP contribution in [0, 0.1) is 11.8 Å². The van der Waals surface area contributed by atoms with Crippen molar-refractivity contribution in [2.24, 2.45) is 11.8 Å². The molecule has 2 saturated carbocycles. The monoisotopic (exact) mass is 265 g/mol. The lowest BCUT2D eigenvalue weighted by molar-refractivity contribution is -0.142. The molecule has 2 aliphatic carbocycles. The van der Waals surface area contributed by atoms with Crippen molar-refractivity contribution in [2.75, 3.05) is 6.54 Å². The number of hydrogen-bond donors (Lipinski definition) is 1. The van der Waals surface area contributed by atoms with E-state index in [2.05, 4.69) is 4.90 Å². The normalized spacial score (nSPS) is 36.5. The summed E-state index contributed by atoms with van der Waals surface area (Å²) in [5.41, 5.74) is 0. The largest absolute Gasteiger partial charge is 0.480 e. The molecule has 0 spiro atoms. The van der Waals surface area contributed by atoms with Crippen LogP contribution in [-0.4, -0.2) is 34.6 Å². The number of carboxylic acid groups (broad SMARTS) is 1. The van der Waals surface area contributed by atoms with Crippen LogP contribution in [0.5, 0.6) is 0 Å². The minimum Gasteiger partial charge on any atom is -0.480 e. The number of hydrogen-bond acceptors (Lipinski definition) is 2. The summed E-state index contributed by atoms with van der Waals surface area (Å²) in [6, 6.07) is 0.394. The van der Waals surface area contributed by atoms with E-state index in [0.29, 0.717) is 12.0 Å². The van der Waals surface area contributed by atoms with Crippen molar-refractivity contribution < 1.29 is 9.90 Å². The highest BCUT2D eigenvalue weighted by atomic mass is 16.4. The topological polar surface area (TPSA) is 40.5 Å². The number of likely N-dealkylation sites (tertiary alicyclic amines) is 1. The molecule has 1 N–H and O–H groups in total. The third kappa shape index (κ3) is 2.81. The number of rotatable bonds is 4. The first-order valence-electron chi connectivity index (χ1n) is 8.24. The fourth-order valence-corrected chi connectivity index (χ4v) is 4.75. The quantitative estimate of drug-likeness (QED) is 0.848. The van der Waals surface area contributed by atoms with Crippen molar-refractivity contribution in [2.45, 2.75) is 76.3 Å². The average molecular weight is 265 g/mol. The van der Waals surface area contributed by atoms with E-state index < -0.39 is 5.97 Å². The van der Waals surface area contributed by atoms with Gasteiger partial charge in [0.25, 0.3) is 0 Å². The average Bonchev–Trinajstić information content (AvgIpc) is 3.03. The summed E-state index contributed by atoms with van der Waals surface area (Å²) >= 11 is 0. The van der Waals surface area contributed by atoms with E-state index in [0.717, 1.165) is 18.9 Å². The highest BCUT2D eigenvalue weighted by Crippen LogP contribution is 2.40. The summed E-state index contributed by atoms with van der Waals surface area (Å²) in [5.74, 6) is 0.955. The smallest absolute Gasteiger partial charge is 0.320 e. The summed E-state index contributed by atoms with van der Waals surface area (Å²) in [4.78, 5) is 13.9. The van der Waals surface area contributed by atoms with Gasteiger partial charge in [0, 0.05) is 6.04 Å². The number of nitrogens with zero attached hydrogens (tertiary/aromatic N) is 1. The van der Waals surface area contributed by atoms with Crippen LogP contribution in [0.25, 0.3) is 0 Å². The SMILES string of the molecule is O=C(O)C1CC2CCCCC2N1CCC1CCCC1. The number of carbonyl (C=O) groups is 1. The molecule has 3 rings (SSSR count). The van der Waals surface area contributed by atoms with Crippen molar-refractivity contribution >= 4 is 5.97 Å². The summed E-state index contributed by atoms with van der Waals surface area (Å²) in [6.07, 6.45) is 12.8. The van der Waals surface area contributed by atoms with Gasteiger partial charge in [-0.2, -0.15) is 0 Å². The summed E-state index contributed by atoms with van der Waals surface area (Å²) < 4.78 is 0. The molecule has 0 amide bonds. The van der Waals surface area contributed by atoms with Gasteiger partial charge in [-0.15, -0.1) is 0 Å². The number of aliphatic carboxylic acids is 1. The van der Waals surface area contributed by atoms with Crippen molar-refractivity contribution in [3.05, 3.63) is 0 Å². The Morgan fingerprint density at radius 2 is 1.74 bits per heavy atom. The molecule has 1 heterocycles. The maximum atomic E-state index is 11.5. The predicted octanol–water partition coefficient (Wildman–Crippen LogP) is 3.28. The van der Waals surface area contributed by atoms with Gasteiger partial charge < -0.3 is 5.11 Å². The van der Waals surface area contributed by atoms with Crippen molar-refractivity contribution in [1.29, 1.82) is 0 Å². The molecular formula is C16H27NO2. The molecule has 0 aromatic heterocycles. The van der Waals surface area contributed by atoms with Gasteiger partial charge in [-0.1, -0.05) is 38.5 Å². The van der Waals surface area contributed by atoms with Crippen LogP contribution < -0.4 is 0 Å². The molecule has 3 nitrogen and oxygen atoms in total. The molecule has 3 atom stereocenters. The molecule has 3 heteroatoms. The fourth-order valence-electron chi connectivity index (χ4n) is 4.75. The molecule has 3 unspecified atom stereocenters. The molecule has 3 aliphatic rings. The maximum Gasteiger partial charge on any atom is 0.320 e. The lowest BCUT2D eigenvalue weighted by atomic mass is 9.84. The van der Waals surface area contributed by atoms with Gasteiger partial charge in [0.2, 0.25) is 0 Å². The predicted molar refractivity (Wildman–Crippen MR) is 75.1 cm³/mol. The Labute approximate surface area is 116 Å². The molecule has 0 bridgehead atoms. The van der Waals surface area contributed by atoms with Crippen molar-refractivity contribution in [1.82, 2.24) is 4.90 Å². The lowest BCUT2D eigenvalue weighted by Crippen LogP contribution is -2.43. The van der Waals surface area contributed by atoms with Gasteiger partial charge in [0.1, 0.15) is 6.04 Å². The van der Waals surface area contributed by atoms with E-state index in [1.807, 2.05) is 0 Å². The fraction of sp³-hybridized carbons (Fsp3) is 0.938. The zero-order valence-corrected chi connectivity index (χ0v) is 11.9. The first kappa shape index (κ1) is 13.4. The van der Waals surface area contributed by atoms with Gasteiger partial charge in [-0.25, -0.2) is 0 Å². The second kappa shape index (κ2) is 5.82. The molecule has 108 valence electrons. The van der Waals surface area contributed by atoms with Crippen LogP contribution >= 0.6 is 0 Å². The molecule has 1 aliphatic heterocycles.